The zero-order chi connectivity index (χ0) is 10.6. The Bertz CT molecular complexity index is 217. The van der Waals surface area contributed by atoms with Crippen LogP contribution >= 0.6 is 0 Å². The van der Waals surface area contributed by atoms with Crippen molar-refractivity contribution in [2.75, 3.05) is 20.2 Å². The summed E-state index contributed by atoms with van der Waals surface area (Å²) < 4.78 is 4.66. The van der Waals surface area contributed by atoms with Crippen LogP contribution in [0.4, 0.5) is 0 Å². The molecular formula is C11H19NO2. The molecule has 0 amide bonds. The molecule has 1 saturated heterocycles. The van der Waals surface area contributed by atoms with E-state index in [4.69, 9.17) is 0 Å². The number of ether oxygens (including phenoxy) is 1. The highest BCUT2D eigenvalue weighted by Gasteiger charge is 2.21. The topological polar surface area (TPSA) is 29.5 Å². The summed E-state index contributed by atoms with van der Waals surface area (Å²) in [7, 11) is 1.45. The zero-order valence-corrected chi connectivity index (χ0v) is 9.08. The summed E-state index contributed by atoms with van der Waals surface area (Å²) in [6, 6.07) is 0. The predicted molar refractivity (Wildman–Crippen MR) is 55.7 cm³/mol. The Balaban J connectivity index is 2.29. The first-order chi connectivity index (χ1) is 6.63. The van der Waals surface area contributed by atoms with Crippen molar-refractivity contribution in [3.63, 3.8) is 0 Å². The Morgan fingerprint density at radius 2 is 2.07 bits per heavy atom. The van der Waals surface area contributed by atoms with E-state index in [1.165, 1.54) is 7.11 Å². The van der Waals surface area contributed by atoms with E-state index in [0.717, 1.165) is 31.6 Å². The second kappa shape index (κ2) is 5.03. The molecule has 0 atom stereocenters. The standard InChI is InChI=1S/C11H19NO2/c1-9(2)12-6-4-10(5-7-12)8-11(13)14-3/h10H,1,4-8H2,2-3H3. The van der Waals surface area contributed by atoms with Crippen LogP contribution in [0, 0.1) is 5.92 Å². The van der Waals surface area contributed by atoms with E-state index >= 15 is 0 Å². The van der Waals surface area contributed by atoms with Crippen molar-refractivity contribution in [1.82, 2.24) is 4.90 Å². The predicted octanol–water partition coefficient (Wildman–Crippen LogP) is 1.80. The van der Waals surface area contributed by atoms with Crippen molar-refractivity contribution in [2.45, 2.75) is 26.2 Å². The number of likely N-dealkylation sites (tertiary alicyclic amines) is 1. The molecule has 1 fully saturated rings. The van der Waals surface area contributed by atoms with Gasteiger partial charge in [0.05, 0.1) is 7.11 Å². The van der Waals surface area contributed by atoms with Gasteiger partial charge in [-0.15, -0.1) is 0 Å². The van der Waals surface area contributed by atoms with E-state index in [-0.39, 0.29) is 5.97 Å². The summed E-state index contributed by atoms with van der Waals surface area (Å²) in [5.41, 5.74) is 1.13. The van der Waals surface area contributed by atoms with Gasteiger partial charge in [0.15, 0.2) is 0 Å². The van der Waals surface area contributed by atoms with Crippen molar-refractivity contribution in [3.8, 4) is 0 Å². The van der Waals surface area contributed by atoms with Crippen LogP contribution in [0.1, 0.15) is 26.2 Å². The number of hydrogen-bond acceptors (Lipinski definition) is 3. The third-order valence-electron chi connectivity index (χ3n) is 2.84. The van der Waals surface area contributed by atoms with E-state index in [1.807, 2.05) is 6.92 Å². The lowest BCUT2D eigenvalue weighted by molar-refractivity contribution is -0.142. The third-order valence-corrected chi connectivity index (χ3v) is 2.84. The van der Waals surface area contributed by atoms with Gasteiger partial charge in [-0.05, 0) is 25.7 Å². The molecule has 14 heavy (non-hydrogen) atoms. The molecule has 3 nitrogen and oxygen atoms in total. The van der Waals surface area contributed by atoms with E-state index in [9.17, 15) is 4.79 Å². The molecule has 1 heterocycles. The fourth-order valence-electron chi connectivity index (χ4n) is 1.84. The van der Waals surface area contributed by atoms with Crippen LogP contribution in [-0.4, -0.2) is 31.1 Å². The first-order valence-electron chi connectivity index (χ1n) is 5.10. The summed E-state index contributed by atoms with van der Waals surface area (Å²) in [6.45, 7) is 7.99. The molecule has 0 spiro atoms. The van der Waals surface area contributed by atoms with E-state index in [0.29, 0.717) is 12.3 Å². The molecule has 80 valence electrons. The molecule has 1 rings (SSSR count). The Morgan fingerprint density at radius 3 is 2.50 bits per heavy atom. The number of hydrogen-bond donors (Lipinski definition) is 0. The molecule has 0 aliphatic carbocycles. The number of carbonyl (C=O) groups excluding carboxylic acids is 1. The summed E-state index contributed by atoms with van der Waals surface area (Å²) in [4.78, 5) is 13.3. The SMILES string of the molecule is C=C(C)N1CCC(CC(=O)OC)CC1. The Morgan fingerprint density at radius 1 is 1.50 bits per heavy atom. The average molecular weight is 197 g/mol. The number of esters is 1. The Hall–Kier alpha value is -0.990. The second-order valence-electron chi connectivity index (χ2n) is 3.95. The van der Waals surface area contributed by atoms with Crippen LogP contribution in [0.25, 0.3) is 0 Å². The van der Waals surface area contributed by atoms with Crippen LogP contribution in [0.2, 0.25) is 0 Å². The normalized spacial score (nSPS) is 18.0. The molecule has 0 aromatic rings. The monoisotopic (exact) mass is 197 g/mol. The van der Waals surface area contributed by atoms with Crippen LogP contribution in [0.15, 0.2) is 12.3 Å². The lowest BCUT2D eigenvalue weighted by Crippen LogP contribution is -2.32. The van der Waals surface area contributed by atoms with Crippen molar-refractivity contribution < 1.29 is 9.53 Å². The quantitative estimate of drug-likeness (QED) is 0.646. The second-order valence-corrected chi connectivity index (χ2v) is 3.95. The van der Waals surface area contributed by atoms with Crippen LogP contribution in [-0.2, 0) is 9.53 Å². The van der Waals surface area contributed by atoms with Gasteiger partial charge in [-0.25, -0.2) is 0 Å². The van der Waals surface area contributed by atoms with E-state index < -0.39 is 0 Å². The molecule has 0 unspecified atom stereocenters. The minimum atomic E-state index is -0.0845. The molecule has 0 N–H and O–H groups in total. The number of rotatable bonds is 3. The van der Waals surface area contributed by atoms with Crippen LogP contribution in [0.3, 0.4) is 0 Å². The molecular weight excluding hydrogens is 178 g/mol. The Labute approximate surface area is 85.7 Å². The van der Waals surface area contributed by atoms with Gasteiger partial charge in [0.2, 0.25) is 0 Å². The summed E-state index contributed by atoms with van der Waals surface area (Å²) in [6.07, 6.45) is 2.71. The molecule has 0 aromatic heterocycles. The molecule has 0 bridgehead atoms. The van der Waals surface area contributed by atoms with Gasteiger partial charge in [0.25, 0.3) is 0 Å². The number of nitrogens with zero attached hydrogens (tertiary/aromatic N) is 1. The summed E-state index contributed by atoms with van der Waals surface area (Å²) in [5.74, 6) is 0.414. The highest BCUT2D eigenvalue weighted by molar-refractivity contribution is 5.69. The van der Waals surface area contributed by atoms with Gasteiger partial charge in [-0.2, -0.15) is 0 Å². The van der Waals surface area contributed by atoms with E-state index in [1.54, 1.807) is 0 Å². The highest BCUT2D eigenvalue weighted by atomic mass is 16.5. The van der Waals surface area contributed by atoms with Gasteiger partial charge in [-0.3, -0.25) is 4.79 Å². The Kier molecular flexibility index (Phi) is 3.98. The molecule has 3 heteroatoms. The first kappa shape index (κ1) is 11.1. The third kappa shape index (κ3) is 3.05. The fraction of sp³-hybridized carbons (Fsp3) is 0.727. The van der Waals surface area contributed by atoms with Crippen molar-refractivity contribution >= 4 is 5.97 Å². The maximum atomic E-state index is 11.0. The maximum absolute atomic E-state index is 11.0. The minimum absolute atomic E-state index is 0.0845. The van der Waals surface area contributed by atoms with Gasteiger partial charge in [0, 0.05) is 25.2 Å². The number of allylic oxidation sites excluding steroid dienone is 1. The molecule has 1 aliphatic rings. The van der Waals surface area contributed by atoms with Crippen LogP contribution < -0.4 is 0 Å². The molecule has 1 aliphatic heterocycles. The summed E-state index contributed by atoms with van der Waals surface area (Å²) in [5, 5.41) is 0. The lowest BCUT2D eigenvalue weighted by Gasteiger charge is -2.33. The van der Waals surface area contributed by atoms with Gasteiger partial charge < -0.3 is 9.64 Å². The van der Waals surface area contributed by atoms with Gasteiger partial charge in [0.1, 0.15) is 0 Å². The molecule has 0 saturated carbocycles. The highest BCUT2D eigenvalue weighted by Crippen LogP contribution is 2.22. The number of carbonyl (C=O) groups is 1. The van der Waals surface area contributed by atoms with Gasteiger partial charge >= 0.3 is 5.97 Å². The van der Waals surface area contributed by atoms with Gasteiger partial charge in [-0.1, -0.05) is 6.58 Å². The molecule has 0 radical (unpaired) electrons. The fourth-order valence-corrected chi connectivity index (χ4v) is 1.84. The smallest absolute Gasteiger partial charge is 0.305 e. The molecule has 0 aromatic carbocycles. The first-order valence-corrected chi connectivity index (χ1v) is 5.10. The lowest BCUT2D eigenvalue weighted by atomic mass is 9.93. The summed E-state index contributed by atoms with van der Waals surface area (Å²) >= 11 is 0. The van der Waals surface area contributed by atoms with Crippen molar-refractivity contribution in [1.29, 1.82) is 0 Å². The van der Waals surface area contributed by atoms with E-state index in [2.05, 4.69) is 16.2 Å². The average Bonchev–Trinajstić information content (AvgIpc) is 2.18. The zero-order valence-electron chi connectivity index (χ0n) is 9.08. The number of piperidine rings is 1. The largest absolute Gasteiger partial charge is 0.469 e. The maximum Gasteiger partial charge on any atom is 0.305 e. The number of methoxy groups -OCH3 is 1. The minimum Gasteiger partial charge on any atom is -0.469 e. The van der Waals surface area contributed by atoms with Crippen molar-refractivity contribution in [2.24, 2.45) is 5.92 Å². The van der Waals surface area contributed by atoms with Crippen molar-refractivity contribution in [3.05, 3.63) is 12.3 Å². The van der Waals surface area contributed by atoms with Crippen LogP contribution in [0.5, 0.6) is 0 Å².